The monoisotopic (exact) mass is 256 g/mol. The quantitative estimate of drug-likeness (QED) is 0.663. The molecule has 0 spiro atoms. The third-order valence-electron chi connectivity index (χ3n) is 2.75. The van der Waals surface area contributed by atoms with Crippen LogP contribution in [0.15, 0.2) is 18.2 Å². The van der Waals surface area contributed by atoms with Gasteiger partial charge in [0.25, 0.3) is 0 Å². The zero-order chi connectivity index (χ0) is 13.2. The normalized spacial score (nSPS) is 10.8. The summed E-state index contributed by atoms with van der Waals surface area (Å²) in [4.78, 5) is 0. The summed E-state index contributed by atoms with van der Waals surface area (Å²) in [6, 6.07) is 3.99. The molecule has 2 nitrogen and oxygen atoms in total. The van der Waals surface area contributed by atoms with Crippen molar-refractivity contribution < 1.29 is 8.78 Å². The van der Waals surface area contributed by atoms with Crippen molar-refractivity contribution in [3.05, 3.63) is 35.4 Å². The van der Waals surface area contributed by atoms with E-state index in [-0.39, 0.29) is 5.56 Å². The van der Waals surface area contributed by atoms with Crippen LogP contribution in [-0.2, 0) is 6.42 Å². The zero-order valence-corrected chi connectivity index (χ0v) is 10.9. The van der Waals surface area contributed by atoms with Crippen LogP contribution in [0.25, 0.3) is 0 Å². The average molecular weight is 256 g/mol. The molecular formula is C14H22F2N2. The molecule has 0 unspecified atom stereocenters. The molecule has 0 aliphatic rings. The first kappa shape index (κ1) is 15.1. The molecule has 18 heavy (non-hydrogen) atoms. The number of benzene rings is 1. The Morgan fingerprint density at radius 2 is 1.56 bits per heavy atom. The molecule has 0 aromatic heterocycles. The van der Waals surface area contributed by atoms with E-state index in [0.29, 0.717) is 13.0 Å². The largest absolute Gasteiger partial charge is 0.317 e. The number of halogens is 2. The van der Waals surface area contributed by atoms with E-state index in [0.717, 1.165) is 32.5 Å². The van der Waals surface area contributed by atoms with Gasteiger partial charge in [0.1, 0.15) is 11.6 Å². The summed E-state index contributed by atoms with van der Waals surface area (Å²) < 4.78 is 26.6. The molecule has 0 heterocycles. The molecule has 0 saturated heterocycles. The highest BCUT2D eigenvalue weighted by Gasteiger charge is 2.06. The highest BCUT2D eigenvalue weighted by atomic mass is 19.1. The first-order chi connectivity index (χ1) is 8.75. The van der Waals surface area contributed by atoms with Crippen molar-refractivity contribution in [1.29, 1.82) is 0 Å². The molecule has 0 amide bonds. The summed E-state index contributed by atoms with van der Waals surface area (Å²) in [5.41, 5.74) is 0.175. The second-order valence-corrected chi connectivity index (χ2v) is 4.30. The fraction of sp³-hybridized carbons (Fsp3) is 0.571. The lowest BCUT2D eigenvalue weighted by molar-refractivity contribution is 0.541. The summed E-state index contributed by atoms with van der Waals surface area (Å²) in [6.07, 6.45) is 2.56. The van der Waals surface area contributed by atoms with E-state index in [4.69, 9.17) is 0 Å². The van der Waals surface area contributed by atoms with Crippen molar-refractivity contribution in [3.63, 3.8) is 0 Å². The average Bonchev–Trinajstić information content (AvgIpc) is 2.35. The van der Waals surface area contributed by atoms with Crippen LogP contribution in [0.1, 0.15) is 25.3 Å². The SMILES string of the molecule is CCCNCCCNCCc1c(F)cccc1F. The Kier molecular flexibility index (Phi) is 7.53. The maximum atomic E-state index is 13.3. The highest BCUT2D eigenvalue weighted by molar-refractivity contribution is 5.19. The maximum Gasteiger partial charge on any atom is 0.129 e. The van der Waals surface area contributed by atoms with Gasteiger partial charge in [0, 0.05) is 5.56 Å². The van der Waals surface area contributed by atoms with E-state index in [9.17, 15) is 8.78 Å². The first-order valence-electron chi connectivity index (χ1n) is 6.60. The molecule has 0 aliphatic carbocycles. The van der Waals surface area contributed by atoms with E-state index in [1.807, 2.05) is 0 Å². The van der Waals surface area contributed by atoms with Gasteiger partial charge in [0.05, 0.1) is 0 Å². The van der Waals surface area contributed by atoms with E-state index in [1.54, 1.807) is 0 Å². The summed E-state index contributed by atoms with van der Waals surface area (Å²) in [5.74, 6) is -0.914. The minimum absolute atomic E-state index is 0.175. The highest BCUT2D eigenvalue weighted by Crippen LogP contribution is 2.11. The van der Waals surface area contributed by atoms with Crippen LogP contribution < -0.4 is 10.6 Å². The van der Waals surface area contributed by atoms with Crippen molar-refractivity contribution in [2.45, 2.75) is 26.2 Å². The van der Waals surface area contributed by atoms with Crippen molar-refractivity contribution in [2.75, 3.05) is 26.2 Å². The Balaban J connectivity index is 2.11. The van der Waals surface area contributed by atoms with Crippen LogP contribution in [0.2, 0.25) is 0 Å². The van der Waals surface area contributed by atoms with E-state index < -0.39 is 11.6 Å². The fourth-order valence-corrected chi connectivity index (χ4v) is 1.75. The van der Waals surface area contributed by atoms with E-state index in [1.165, 1.54) is 18.2 Å². The molecule has 0 fully saturated rings. The van der Waals surface area contributed by atoms with Crippen molar-refractivity contribution in [1.82, 2.24) is 10.6 Å². The number of rotatable bonds is 9. The topological polar surface area (TPSA) is 24.1 Å². The molecule has 102 valence electrons. The molecule has 1 aromatic rings. The second-order valence-electron chi connectivity index (χ2n) is 4.30. The van der Waals surface area contributed by atoms with Gasteiger partial charge >= 0.3 is 0 Å². The van der Waals surface area contributed by atoms with Gasteiger partial charge < -0.3 is 10.6 Å². The lowest BCUT2D eigenvalue weighted by Gasteiger charge is -2.07. The Labute approximate surface area is 108 Å². The van der Waals surface area contributed by atoms with E-state index >= 15 is 0 Å². The molecule has 4 heteroatoms. The first-order valence-corrected chi connectivity index (χ1v) is 6.60. The zero-order valence-electron chi connectivity index (χ0n) is 10.9. The third-order valence-corrected chi connectivity index (χ3v) is 2.75. The molecular weight excluding hydrogens is 234 g/mol. The van der Waals surface area contributed by atoms with Gasteiger partial charge in [0.2, 0.25) is 0 Å². The standard InChI is InChI=1S/C14H22F2N2/c1-2-8-17-9-4-10-18-11-7-12-13(15)5-3-6-14(12)16/h3,5-6,17-18H,2,4,7-11H2,1H3. The minimum Gasteiger partial charge on any atom is -0.317 e. The number of hydrogen-bond donors (Lipinski definition) is 2. The minimum atomic E-state index is -0.457. The Bertz CT molecular complexity index is 322. The van der Waals surface area contributed by atoms with Crippen molar-refractivity contribution in [2.24, 2.45) is 0 Å². The van der Waals surface area contributed by atoms with Gasteiger partial charge in [-0.1, -0.05) is 13.0 Å². The lowest BCUT2D eigenvalue weighted by Crippen LogP contribution is -2.24. The summed E-state index contributed by atoms with van der Waals surface area (Å²) in [6.45, 7) is 5.63. The summed E-state index contributed by atoms with van der Waals surface area (Å²) in [5, 5.41) is 6.49. The molecule has 0 aliphatic heterocycles. The van der Waals surface area contributed by atoms with Gasteiger partial charge in [-0.05, 0) is 57.6 Å². The van der Waals surface area contributed by atoms with Crippen LogP contribution in [0.4, 0.5) is 8.78 Å². The lowest BCUT2D eigenvalue weighted by atomic mass is 10.1. The van der Waals surface area contributed by atoms with Crippen LogP contribution in [0, 0.1) is 11.6 Å². The van der Waals surface area contributed by atoms with Gasteiger partial charge in [0.15, 0.2) is 0 Å². The number of nitrogens with one attached hydrogen (secondary N) is 2. The maximum absolute atomic E-state index is 13.3. The smallest absolute Gasteiger partial charge is 0.129 e. The van der Waals surface area contributed by atoms with Crippen LogP contribution in [0.3, 0.4) is 0 Å². The summed E-state index contributed by atoms with van der Waals surface area (Å²) in [7, 11) is 0. The van der Waals surface area contributed by atoms with Crippen LogP contribution in [-0.4, -0.2) is 26.2 Å². The number of hydrogen-bond acceptors (Lipinski definition) is 2. The molecule has 0 radical (unpaired) electrons. The second kappa shape index (κ2) is 9.00. The van der Waals surface area contributed by atoms with Crippen molar-refractivity contribution >= 4 is 0 Å². The fourth-order valence-electron chi connectivity index (χ4n) is 1.75. The molecule has 1 aromatic carbocycles. The predicted octanol–water partition coefficient (Wildman–Crippen LogP) is 2.49. The van der Waals surface area contributed by atoms with Gasteiger partial charge in [-0.15, -0.1) is 0 Å². The molecule has 0 atom stereocenters. The Morgan fingerprint density at radius 3 is 2.17 bits per heavy atom. The molecule has 1 rings (SSSR count). The van der Waals surface area contributed by atoms with Gasteiger partial charge in [-0.2, -0.15) is 0 Å². The van der Waals surface area contributed by atoms with Crippen molar-refractivity contribution in [3.8, 4) is 0 Å². The Hall–Kier alpha value is -1.00. The van der Waals surface area contributed by atoms with E-state index in [2.05, 4.69) is 17.6 Å². The predicted molar refractivity (Wildman–Crippen MR) is 70.7 cm³/mol. The summed E-state index contributed by atoms with van der Waals surface area (Å²) >= 11 is 0. The Morgan fingerprint density at radius 1 is 0.944 bits per heavy atom. The molecule has 2 N–H and O–H groups in total. The van der Waals surface area contributed by atoms with Crippen LogP contribution >= 0.6 is 0 Å². The third kappa shape index (κ3) is 5.56. The van der Waals surface area contributed by atoms with Gasteiger partial charge in [-0.3, -0.25) is 0 Å². The van der Waals surface area contributed by atoms with Gasteiger partial charge in [-0.25, -0.2) is 8.78 Å². The van der Waals surface area contributed by atoms with Crippen LogP contribution in [0.5, 0.6) is 0 Å². The molecule has 0 bridgehead atoms. The molecule has 0 saturated carbocycles.